The topological polar surface area (TPSA) is 62.0 Å². The molecule has 0 aromatic carbocycles. The predicted octanol–water partition coefficient (Wildman–Crippen LogP) is 2.38. The molecule has 2 N–H and O–H groups in total. The summed E-state index contributed by atoms with van der Waals surface area (Å²) in [5.74, 6) is 2.21. The zero-order chi connectivity index (χ0) is 13.4. The van der Waals surface area contributed by atoms with Crippen LogP contribution in [0.5, 0.6) is 0 Å². The number of amides is 1. The van der Waals surface area contributed by atoms with Gasteiger partial charge in [0.2, 0.25) is 0 Å². The van der Waals surface area contributed by atoms with Gasteiger partial charge in [0.1, 0.15) is 5.69 Å². The highest BCUT2D eigenvalue weighted by Crippen LogP contribution is 2.49. The molecule has 102 valence electrons. The van der Waals surface area contributed by atoms with E-state index in [-0.39, 0.29) is 11.9 Å². The van der Waals surface area contributed by atoms with Crippen LogP contribution in [-0.4, -0.2) is 23.2 Å². The van der Waals surface area contributed by atoms with Crippen molar-refractivity contribution in [2.75, 3.05) is 0 Å². The molecule has 0 spiro atoms. The van der Waals surface area contributed by atoms with E-state index in [2.05, 4.69) is 17.2 Å². The Morgan fingerprint density at radius 3 is 2.84 bits per heavy atom. The molecule has 4 atom stereocenters. The number of aromatic amines is 1. The van der Waals surface area contributed by atoms with Gasteiger partial charge in [-0.25, -0.2) is 0 Å². The van der Waals surface area contributed by atoms with Crippen molar-refractivity contribution < 1.29 is 9.59 Å². The highest BCUT2D eigenvalue weighted by Gasteiger charge is 2.42. The SMILES string of the molecule is CC(NC(=O)c1ccc(C=O)[nH]1)C1CC2CCC1C2. The lowest BCUT2D eigenvalue weighted by molar-refractivity contribution is 0.0911. The molecule has 2 aliphatic rings. The Bertz CT molecular complexity index is 494. The summed E-state index contributed by atoms with van der Waals surface area (Å²) < 4.78 is 0. The summed E-state index contributed by atoms with van der Waals surface area (Å²) in [6.45, 7) is 2.10. The fraction of sp³-hybridized carbons (Fsp3) is 0.600. The van der Waals surface area contributed by atoms with E-state index in [0.717, 1.165) is 18.1 Å². The molecule has 2 fully saturated rings. The van der Waals surface area contributed by atoms with Crippen LogP contribution in [0, 0.1) is 17.8 Å². The van der Waals surface area contributed by atoms with Gasteiger partial charge in [-0.3, -0.25) is 9.59 Å². The maximum atomic E-state index is 12.1. The van der Waals surface area contributed by atoms with Gasteiger partial charge in [0.05, 0.1) is 5.69 Å². The van der Waals surface area contributed by atoms with Crippen LogP contribution < -0.4 is 5.32 Å². The second kappa shape index (κ2) is 4.83. The Morgan fingerprint density at radius 2 is 2.26 bits per heavy atom. The van der Waals surface area contributed by atoms with Crippen LogP contribution >= 0.6 is 0 Å². The van der Waals surface area contributed by atoms with Crippen molar-refractivity contribution in [2.45, 2.75) is 38.6 Å². The first-order valence-electron chi connectivity index (χ1n) is 7.12. The second-order valence-corrected chi connectivity index (χ2v) is 6.05. The van der Waals surface area contributed by atoms with Crippen LogP contribution in [0.15, 0.2) is 12.1 Å². The summed E-state index contributed by atoms with van der Waals surface area (Å²) >= 11 is 0. The minimum atomic E-state index is -0.108. The van der Waals surface area contributed by atoms with Crippen molar-refractivity contribution in [1.82, 2.24) is 10.3 Å². The van der Waals surface area contributed by atoms with Crippen LogP contribution in [-0.2, 0) is 0 Å². The Morgan fingerprint density at radius 1 is 1.42 bits per heavy atom. The third-order valence-corrected chi connectivity index (χ3v) is 4.87. The van der Waals surface area contributed by atoms with E-state index in [1.54, 1.807) is 12.1 Å². The number of hydrogen-bond acceptors (Lipinski definition) is 2. The molecule has 0 aliphatic heterocycles. The lowest BCUT2D eigenvalue weighted by Gasteiger charge is -2.28. The van der Waals surface area contributed by atoms with Gasteiger partial charge in [-0.05, 0) is 56.1 Å². The van der Waals surface area contributed by atoms with Crippen LogP contribution in [0.25, 0.3) is 0 Å². The molecule has 2 saturated carbocycles. The predicted molar refractivity (Wildman–Crippen MR) is 72.0 cm³/mol. The van der Waals surface area contributed by atoms with E-state index >= 15 is 0 Å². The van der Waals surface area contributed by atoms with Crippen molar-refractivity contribution in [2.24, 2.45) is 17.8 Å². The quantitative estimate of drug-likeness (QED) is 0.816. The van der Waals surface area contributed by atoms with Gasteiger partial charge in [0, 0.05) is 6.04 Å². The normalized spacial score (nSPS) is 30.3. The molecule has 1 aromatic heterocycles. The average Bonchev–Trinajstić information content (AvgIpc) is 3.13. The number of carbonyl (C=O) groups is 2. The lowest BCUT2D eigenvalue weighted by Crippen LogP contribution is -2.40. The standard InChI is InChI=1S/C15H20N2O2/c1-9(13-7-10-2-3-11(13)6-10)16-15(19)14-5-4-12(8-18)17-14/h4-5,8-11,13,17H,2-3,6-7H2,1H3,(H,16,19). The largest absolute Gasteiger partial charge is 0.348 e. The number of rotatable bonds is 4. The van der Waals surface area contributed by atoms with Crippen molar-refractivity contribution >= 4 is 12.2 Å². The average molecular weight is 260 g/mol. The zero-order valence-electron chi connectivity index (χ0n) is 11.2. The second-order valence-electron chi connectivity index (χ2n) is 6.05. The highest BCUT2D eigenvalue weighted by molar-refractivity contribution is 5.93. The Hall–Kier alpha value is -1.58. The number of H-pyrrole nitrogens is 1. The summed E-state index contributed by atoms with van der Waals surface area (Å²) in [7, 11) is 0. The fourth-order valence-corrected chi connectivity index (χ4v) is 3.91. The summed E-state index contributed by atoms with van der Waals surface area (Å²) in [4.78, 5) is 25.5. The number of aldehydes is 1. The molecule has 0 saturated heterocycles. The van der Waals surface area contributed by atoms with E-state index < -0.39 is 0 Å². The van der Waals surface area contributed by atoms with Gasteiger partial charge >= 0.3 is 0 Å². The van der Waals surface area contributed by atoms with Gasteiger partial charge < -0.3 is 10.3 Å². The summed E-state index contributed by atoms with van der Waals surface area (Å²) in [5.41, 5.74) is 0.912. The van der Waals surface area contributed by atoms with E-state index in [1.807, 2.05) is 0 Å². The van der Waals surface area contributed by atoms with Crippen LogP contribution in [0.2, 0.25) is 0 Å². The van der Waals surface area contributed by atoms with Crippen LogP contribution in [0.3, 0.4) is 0 Å². The van der Waals surface area contributed by atoms with E-state index in [4.69, 9.17) is 0 Å². The number of nitrogens with one attached hydrogen (secondary N) is 2. The van der Waals surface area contributed by atoms with E-state index in [1.165, 1.54) is 25.7 Å². The summed E-state index contributed by atoms with van der Waals surface area (Å²) in [6.07, 6.45) is 6.03. The molecule has 1 heterocycles. The molecule has 3 rings (SSSR count). The third kappa shape index (κ3) is 2.31. The van der Waals surface area contributed by atoms with Crippen molar-refractivity contribution in [1.29, 1.82) is 0 Å². The van der Waals surface area contributed by atoms with Crippen LogP contribution in [0.4, 0.5) is 0 Å². The minimum absolute atomic E-state index is 0.108. The maximum Gasteiger partial charge on any atom is 0.267 e. The Kier molecular flexibility index (Phi) is 3.17. The van der Waals surface area contributed by atoms with Crippen molar-refractivity contribution in [3.05, 3.63) is 23.5 Å². The third-order valence-electron chi connectivity index (χ3n) is 4.87. The molecule has 4 nitrogen and oxygen atoms in total. The first-order chi connectivity index (χ1) is 9.17. The van der Waals surface area contributed by atoms with Gasteiger partial charge in [-0.2, -0.15) is 0 Å². The molecular weight excluding hydrogens is 240 g/mol. The van der Waals surface area contributed by atoms with E-state index in [0.29, 0.717) is 17.3 Å². The molecule has 19 heavy (non-hydrogen) atoms. The molecule has 2 bridgehead atoms. The van der Waals surface area contributed by atoms with Gasteiger partial charge in [-0.1, -0.05) is 6.42 Å². The lowest BCUT2D eigenvalue weighted by atomic mass is 9.84. The maximum absolute atomic E-state index is 12.1. The van der Waals surface area contributed by atoms with Crippen LogP contribution in [0.1, 0.15) is 53.6 Å². The van der Waals surface area contributed by atoms with Gasteiger partial charge in [-0.15, -0.1) is 0 Å². The molecule has 4 heteroatoms. The Balaban J connectivity index is 1.61. The fourth-order valence-electron chi connectivity index (χ4n) is 3.91. The van der Waals surface area contributed by atoms with Gasteiger partial charge in [0.15, 0.2) is 6.29 Å². The molecular formula is C15H20N2O2. The number of fused-ring (bicyclic) bond motifs is 2. The first-order valence-corrected chi connectivity index (χ1v) is 7.12. The molecule has 0 radical (unpaired) electrons. The number of carbonyl (C=O) groups excluding carboxylic acids is 2. The van der Waals surface area contributed by atoms with Crippen molar-refractivity contribution in [3.63, 3.8) is 0 Å². The van der Waals surface area contributed by atoms with E-state index in [9.17, 15) is 9.59 Å². The molecule has 1 amide bonds. The summed E-state index contributed by atoms with van der Waals surface area (Å²) in [6, 6.07) is 3.50. The molecule has 4 unspecified atom stereocenters. The van der Waals surface area contributed by atoms with Gasteiger partial charge in [0.25, 0.3) is 5.91 Å². The molecule has 2 aliphatic carbocycles. The highest BCUT2D eigenvalue weighted by atomic mass is 16.2. The Labute approximate surface area is 113 Å². The monoisotopic (exact) mass is 260 g/mol. The zero-order valence-corrected chi connectivity index (χ0v) is 11.2. The summed E-state index contributed by atoms with van der Waals surface area (Å²) in [5, 5.41) is 3.07. The number of aromatic nitrogens is 1. The number of hydrogen-bond donors (Lipinski definition) is 2. The smallest absolute Gasteiger partial charge is 0.267 e. The molecule has 1 aromatic rings. The minimum Gasteiger partial charge on any atom is -0.348 e. The first kappa shape index (κ1) is 12.5. The van der Waals surface area contributed by atoms with Crippen molar-refractivity contribution in [3.8, 4) is 0 Å².